The van der Waals surface area contributed by atoms with Gasteiger partial charge in [0.1, 0.15) is 11.5 Å². The van der Waals surface area contributed by atoms with Crippen LogP contribution in [0, 0.1) is 20.8 Å². The van der Waals surface area contributed by atoms with Crippen LogP contribution in [-0.4, -0.2) is 10.2 Å². The Bertz CT molecular complexity index is 1770. The molecule has 0 aliphatic rings. The smallest absolute Gasteiger partial charge is 0.122 e. The molecular formula is C59H92O2. The van der Waals surface area contributed by atoms with Crippen molar-refractivity contribution in [2.75, 3.05) is 0 Å². The molecule has 0 unspecified atom stereocenters. The van der Waals surface area contributed by atoms with E-state index in [1.54, 1.807) is 0 Å². The molecule has 0 heterocycles. The van der Waals surface area contributed by atoms with E-state index < -0.39 is 0 Å². The Morgan fingerprint density at radius 2 is 0.508 bits per heavy atom. The van der Waals surface area contributed by atoms with Crippen molar-refractivity contribution in [3.8, 4) is 11.5 Å². The molecule has 1 rings (SSSR count). The van der Waals surface area contributed by atoms with Crippen molar-refractivity contribution in [2.24, 2.45) is 0 Å². The molecule has 0 spiro atoms. The number of hydrogen-bond acceptors (Lipinski definition) is 2. The van der Waals surface area contributed by atoms with Gasteiger partial charge >= 0.3 is 0 Å². The third kappa shape index (κ3) is 26.3. The summed E-state index contributed by atoms with van der Waals surface area (Å²) < 4.78 is 0. The van der Waals surface area contributed by atoms with Gasteiger partial charge in [-0.05, 0) is 236 Å². The first kappa shape index (κ1) is 55.2. The van der Waals surface area contributed by atoms with Crippen molar-refractivity contribution in [1.82, 2.24) is 0 Å². The zero-order valence-corrected chi connectivity index (χ0v) is 42.1. The number of allylic oxidation sites excluding steroid dienone is 20. The van der Waals surface area contributed by atoms with Crippen LogP contribution in [0.15, 0.2) is 116 Å². The van der Waals surface area contributed by atoms with E-state index in [-0.39, 0.29) is 0 Å². The predicted octanol–water partition coefficient (Wildman–Crippen LogP) is 19.1. The Balaban J connectivity index is 2.29. The second-order valence-corrected chi connectivity index (χ2v) is 18.8. The lowest BCUT2D eigenvalue weighted by Gasteiger charge is -2.15. The Kier molecular flexibility index (Phi) is 29.0. The van der Waals surface area contributed by atoms with Gasteiger partial charge in [0.2, 0.25) is 0 Å². The maximum absolute atomic E-state index is 10.6. The summed E-state index contributed by atoms with van der Waals surface area (Å²) in [4.78, 5) is 0. The number of aromatic hydroxyl groups is 2. The second-order valence-electron chi connectivity index (χ2n) is 18.8. The van der Waals surface area contributed by atoms with Crippen LogP contribution in [-0.2, 0) is 6.42 Å². The largest absolute Gasteiger partial charge is 0.507 e. The van der Waals surface area contributed by atoms with Crippen molar-refractivity contribution in [1.29, 1.82) is 0 Å². The standard InChI is InChI=1S/C59H92O2/c1-44(2)24-15-25-45(3)26-16-27-46(4)28-17-29-47(5)30-18-31-48(6)32-19-33-49(7)34-20-35-50(8)36-21-37-51(9)38-22-39-52(10)40-23-41-53(11)42-43-57-56(14)58(60)54(12)55(13)59(57)61/h24,26,28,30,32,34,36,38,40,42,60-61H,15-23,25,27,29,31,33,35,37,39,41,43H2,1-14H3/b45-26+,46-28+,47-30+,48-32+,49-34+,50-36+,51-38+,52-40+,53-42+. The molecular weight excluding hydrogens is 741 g/mol. The molecule has 340 valence electrons. The molecule has 0 aliphatic heterocycles. The predicted molar refractivity (Wildman–Crippen MR) is 274 cm³/mol. The van der Waals surface area contributed by atoms with Crippen LogP contribution in [0.25, 0.3) is 0 Å². The summed E-state index contributed by atoms with van der Waals surface area (Å²) in [6, 6.07) is 0. The van der Waals surface area contributed by atoms with Gasteiger partial charge in [-0.3, -0.25) is 0 Å². The SMILES string of the molecule is CC(C)=CCC/C(C)=C/CC/C(C)=C/CC/C(C)=C/CC/C(C)=C/CC/C(C)=C/CC/C(C)=C/CC/C(C)=C/CC/C(C)=C/CC/C(C)=C/Cc1c(C)c(O)c(C)c(C)c1O. The zero-order chi connectivity index (χ0) is 45.7. The minimum atomic E-state index is 0.301. The van der Waals surface area contributed by atoms with Crippen molar-refractivity contribution in [3.63, 3.8) is 0 Å². The van der Waals surface area contributed by atoms with E-state index in [0.717, 1.165) is 106 Å². The van der Waals surface area contributed by atoms with E-state index >= 15 is 0 Å². The molecule has 0 aromatic heterocycles. The van der Waals surface area contributed by atoms with E-state index in [1.807, 2.05) is 20.8 Å². The molecule has 0 saturated carbocycles. The van der Waals surface area contributed by atoms with Gasteiger partial charge in [0.25, 0.3) is 0 Å². The third-order valence-corrected chi connectivity index (χ3v) is 12.4. The summed E-state index contributed by atoms with van der Waals surface area (Å²) in [6.07, 6.45) is 45.1. The van der Waals surface area contributed by atoms with Gasteiger partial charge in [-0.25, -0.2) is 0 Å². The lowest BCUT2D eigenvalue weighted by atomic mass is 9.94. The molecule has 61 heavy (non-hydrogen) atoms. The van der Waals surface area contributed by atoms with E-state index in [0.29, 0.717) is 17.9 Å². The maximum atomic E-state index is 10.6. The van der Waals surface area contributed by atoms with Gasteiger partial charge in [0, 0.05) is 5.56 Å². The van der Waals surface area contributed by atoms with Gasteiger partial charge in [-0.2, -0.15) is 0 Å². The number of benzene rings is 1. The first-order valence-corrected chi connectivity index (χ1v) is 24.0. The van der Waals surface area contributed by atoms with Crippen molar-refractivity contribution < 1.29 is 10.2 Å². The molecule has 1 aromatic carbocycles. The third-order valence-electron chi connectivity index (χ3n) is 12.4. The lowest BCUT2D eigenvalue weighted by molar-refractivity contribution is 0.444. The molecule has 2 nitrogen and oxygen atoms in total. The monoisotopic (exact) mass is 833 g/mol. The summed E-state index contributed by atoms with van der Waals surface area (Å²) in [5.41, 5.74) is 17.9. The quantitative estimate of drug-likeness (QED) is 0.0624. The molecule has 0 amide bonds. The summed E-state index contributed by atoms with van der Waals surface area (Å²) in [5.74, 6) is 0.616. The minimum absolute atomic E-state index is 0.301. The Morgan fingerprint density at radius 1 is 0.295 bits per heavy atom. The zero-order valence-electron chi connectivity index (χ0n) is 42.1. The number of phenolic OH excluding ortho intramolecular Hbond substituents is 2. The molecule has 0 bridgehead atoms. The average Bonchev–Trinajstić information content (AvgIpc) is 3.19. The summed E-state index contributed by atoms with van der Waals surface area (Å²) in [7, 11) is 0. The number of rotatable bonds is 29. The van der Waals surface area contributed by atoms with Crippen LogP contribution in [0.5, 0.6) is 11.5 Å². The fraction of sp³-hybridized carbons (Fsp3) is 0.559. The molecule has 0 fully saturated rings. The van der Waals surface area contributed by atoms with Crippen LogP contribution >= 0.6 is 0 Å². The van der Waals surface area contributed by atoms with Gasteiger partial charge in [-0.15, -0.1) is 0 Å². The molecule has 1 aromatic rings. The molecule has 0 radical (unpaired) electrons. The molecule has 2 N–H and O–H groups in total. The summed E-state index contributed by atoms with van der Waals surface area (Å²) in [6.45, 7) is 30.4. The Morgan fingerprint density at radius 3 is 0.754 bits per heavy atom. The van der Waals surface area contributed by atoms with Crippen LogP contribution in [0.3, 0.4) is 0 Å². The normalized spacial score (nSPS) is 14.4. The van der Waals surface area contributed by atoms with E-state index in [9.17, 15) is 10.2 Å². The lowest BCUT2D eigenvalue weighted by Crippen LogP contribution is -1.96. The van der Waals surface area contributed by atoms with E-state index in [4.69, 9.17) is 0 Å². The summed E-state index contributed by atoms with van der Waals surface area (Å²) >= 11 is 0. The maximum Gasteiger partial charge on any atom is 0.122 e. The fourth-order valence-corrected chi connectivity index (χ4v) is 7.59. The Labute approximate surface area is 377 Å². The highest BCUT2D eigenvalue weighted by Gasteiger charge is 2.15. The van der Waals surface area contributed by atoms with E-state index in [2.05, 4.69) is 137 Å². The molecule has 0 saturated heterocycles. The van der Waals surface area contributed by atoms with Crippen LogP contribution in [0.4, 0.5) is 0 Å². The second kappa shape index (κ2) is 32.0. The summed E-state index contributed by atoms with van der Waals surface area (Å²) in [5, 5.41) is 21.1. The van der Waals surface area contributed by atoms with Crippen LogP contribution in [0.2, 0.25) is 0 Å². The molecule has 0 atom stereocenters. The Hall–Kier alpha value is -3.78. The number of hydrogen-bond donors (Lipinski definition) is 2. The first-order valence-electron chi connectivity index (χ1n) is 24.0. The minimum Gasteiger partial charge on any atom is -0.507 e. The van der Waals surface area contributed by atoms with Crippen LogP contribution < -0.4 is 0 Å². The topological polar surface area (TPSA) is 40.5 Å². The van der Waals surface area contributed by atoms with Crippen molar-refractivity contribution in [2.45, 2.75) is 219 Å². The van der Waals surface area contributed by atoms with Crippen molar-refractivity contribution >= 4 is 0 Å². The van der Waals surface area contributed by atoms with Gasteiger partial charge in [0.05, 0.1) is 0 Å². The van der Waals surface area contributed by atoms with Gasteiger partial charge in [-0.1, -0.05) is 116 Å². The van der Waals surface area contributed by atoms with Crippen molar-refractivity contribution in [3.05, 3.63) is 139 Å². The number of phenols is 2. The fourth-order valence-electron chi connectivity index (χ4n) is 7.59. The molecule has 2 heteroatoms. The average molecular weight is 833 g/mol. The van der Waals surface area contributed by atoms with Crippen LogP contribution in [0.1, 0.15) is 214 Å². The van der Waals surface area contributed by atoms with Gasteiger partial charge in [0.15, 0.2) is 0 Å². The highest BCUT2D eigenvalue weighted by Crippen LogP contribution is 2.36. The highest BCUT2D eigenvalue weighted by molar-refractivity contribution is 5.57. The van der Waals surface area contributed by atoms with E-state index in [1.165, 1.54) is 87.8 Å². The van der Waals surface area contributed by atoms with Gasteiger partial charge < -0.3 is 10.2 Å². The molecule has 0 aliphatic carbocycles. The highest BCUT2D eigenvalue weighted by atomic mass is 16.3. The first-order chi connectivity index (χ1) is 28.9.